The Kier molecular flexibility index (Phi) is 7.31. The van der Waals surface area contributed by atoms with Crippen molar-refractivity contribution in [2.24, 2.45) is 5.10 Å². The molecule has 3 aromatic rings. The number of ether oxygens (including phenoxy) is 2. The van der Waals surface area contributed by atoms with Crippen LogP contribution in [0.4, 0.5) is 0 Å². The third-order valence-electron chi connectivity index (χ3n) is 4.33. The van der Waals surface area contributed by atoms with Gasteiger partial charge in [-0.15, -0.1) is 0 Å². The number of nitrogens with zero attached hydrogens (tertiary/aromatic N) is 3. The number of hydrogen-bond donors (Lipinski definition) is 0. The molecule has 8 heteroatoms. The summed E-state index contributed by atoms with van der Waals surface area (Å²) in [5.74, 6) is 1.93. The van der Waals surface area contributed by atoms with Crippen molar-refractivity contribution in [2.45, 2.75) is 33.6 Å². The molecule has 0 aliphatic carbocycles. The van der Waals surface area contributed by atoms with Crippen LogP contribution in [0.1, 0.15) is 45.0 Å². The van der Waals surface area contributed by atoms with Crippen LogP contribution >= 0.6 is 31.9 Å². The highest BCUT2D eigenvalue weighted by Crippen LogP contribution is 2.32. The first-order valence-corrected chi connectivity index (χ1v) is 11.3. The van der Waals surface area contributed by atoms with Crippen molar-refractivity contribution in [3.63, 3.8) is 0 Å². The van der Waals surface area contributed by atoms with E-state index in [1.165, 1.54) is 4.68 Å². The molecular formula is C22H23Br2N3O3. The van der Waals surface area contributed by atoms with Gasteiger partial charge in [0.05, 0.1) is 34.8 Å². The van der Waals surface area contributed by atoms with E-state index in [-0.39, 0.29) is 11.5 Å². The Labute approximate surface area is 192 Å². The molecule has 1 heterocycles. The Morgan fingerprint density at radius 1 is 1.10 bits per heavy atom. The molecule has 0 amide bonds. The number of rotatable bonds is 7. The molecule has 0 saturated carbocycles. The summed E-state index contributed by atoms with van der Waals surface area (Å²) in [7, 11) is 0. The largest absolute Gasteiger partial charge is 0.493 e. The summed E-state index contributed by atoms with van der Waals surface area (Å²) < 4.78 is 14.3. The number of hydrogen-bond acceptors (Lipinski definition) is 5. The molecular weight excluding hydrogens is 514 g/mol. The number of benzene rings is 2. The van der Waals surface area contributed by atoms with Crippen LogP contribution in [-0.2, 0) is 0 Å². The predicted molar refractivity (Wildman–Crippen MR) is 127 cm³/mol. The Morgan fingerprint density at radius 2 is 1.80 bits per heavy atom. The van der Waals surface area contributed by atoms with E-state index in [9.17, 15) is 4.79 Å². The molecule has 158 valence electrons. The molecule has 1 aromatic heterocycles. The van der Waals surface area contributed by atoms with Gasteiger partial charge in [-0.25, -0.2) is 4.98 Å². The highest BCUT2D eigenvalue weighted by molar-refractivity contribution is 9.10. The van der Waals surface area contributed by atoms with Crippen molar-refractivity contribution in [1.82, 2.24) is 9.66 Å². The quantitative estimate of drug-likeness (QED) is 0.362. The van der Waals surface area contributed by atoms with Crippen LogP contribution in [0, 0.1) is 0 Å². The Balaban J connectivity index is 2.15. The number of aromatic nitrogens is 2. The fourth-order valence-corrected chi connectivity index (χ4v) is 3.81. The molecule has 0 fully saturated rings. The number of fused-ring (bicyclic) bond motifs is 1. The van der Waals surface area contributed by atoms with Crippen molar-refractivity contribution in [3.05, 3.63) is 61.0 Å². The van der Waals surface area contributed by atoms with E-state index in [4.69, 9.17) is 9.47 Å². The van der Waals surface area contributed by atoms with E-state index in [0.717, 1.165) is 14.5 Å². The average Bonchev–Trinajstić information content (AvgIpc) is 2.70. The fraction of sp³-hybridized carbons (Fsp3) is 0.318. The topological polar surface area (TPSA) is 65.7 Å². The summed E-state index contributed by atoms with van der Waals surface area (Å²) in [5.41, 5.74) is 1.16. The first-order chi connectivity index (χ1) is 14.3. The van der Waals surface area contributed by atoms with E-state index in [1.807, 2.05) is 52.0 Å². The number of halogens is 2. The van der Waals surface area contributed by atoms with Crippen LogP contribution in [0.25, 0.3) is 10.9 Å². The van der Waals surface area contributed by atoms with Crippen molar-refractivity contribution in [3.8, 4) is 11.5 Å². The van der Waals surface area contributed by atoms with Crippen molar-refractivity contribution in [2.75, 3.05) is 13.2 Å². The second-order valence-electron chi connectivity index (χ2n) is 6.83. The summed E-state index contributed by atoms with van der Waals surface area (Å²) >= 11 is 6.94. The maximum Gasteiger partial charge on any atom is 0.282 e. The summed E-state index contributed by atoms with van der Waals surface area (Å²) in [6.07, 6.45) is 1.62. The van der Waals surface area contributed by atoms with E-state index < -0.39 is 0 Å². The van der Waals surface area contributed by atoms with Crippen LogP contribution < -0.4 is 15.0 Å². The summed E-state index contributed by atoms with van der Waals surface area (Å²) in [6, 6.07) is 9.15. The van der Waals surface area contributed by atoms with Gasteiger partial charge in [-0.1, -0.05) is 29.8 Å². The minimum absolute atomic E-state index is 0.0151. The van der Waals surface area contributed by atoms with E-state index in [1.54, 1.807) is 12.3 Å². The molecule has 3 rings (SSSR count). The van der Waals surface area contributed by atoms with Gasteiger partial charge in [0.2, 0.25) is 0 Å². The van der Waals surface area contributed by atoms with Crippen molar-refractivity contribution >= 4 is 49.0 Å². The molecule has 0 bridgehead atoms. The standard InChI is InChI=1S/C22H23Br2N3O3/c1-5-29-19-11-20(30-6-2)17(24)9-14(19)12-25-27-21(13(3)4)26-18-8-7-15(23)10-16(18)22(27)28/h7-13H,5-6H2,1-4H3. The summed E-state index contributed by atoms with van der Waals surface area (Å²) in [5, 5.41) is 5.00. The zero-order valence-corrected chi connectivity index (χ0v) is 20.4. The zero-order chi connectivity index (χ0) is 21.8. The summed E-state index contributed by atoms with van der Waals surface area (Å²) in [6.45, 7) is 8.85. The average molecular weight is 537 g/mol. The van der Waals surface area contributed by atoms with Gasteiger partial charge in [-0.3, -0.25) is 4.79 Å². The first kappa shape index (κ1) is 22.5. The molecule has 0 spiro atoms. The lowest BCUT2D eigenvalue weighted by Crippen LogP contribution is -2.23. The molecule has 30 heavy (non-hydrogen) atoms. The van der Waals surface area contributed by atoms with Gasteiger partial charge in [-0.2, -0.15) is 9.78 Å². The van der Waals surface area contributed by atoms with Crippen LogP contribution in [0.5, 0.6) is 11.5 Å². The molecule has 0 atom stereocenters. The van der Waals surface area contributed by atoms with E-state index >= 15 is 0 Å². The molecule has 6 nitrogen and oxygen atoms in total. The Morgan fingerprint density at radius 3 is 2.47 bits per heavy atom. The van der Waals surface area contributed by atoms with Gasteiger partial charge in [0, 0.05) is 22.0 Å². The predicted octanol–water partition coefficient (Wildman–Crippen LogP) is 5.72. The second-order valence-corrected chi connectivity index (χ2v) is 8.60. The smallest absolute Gasteiger partial charge is 0.282 e. The van der Waals surface area contributed by atoms with E-state index in [0.29, 0.717) is 41.4 Å². The molecule has 0 aliphatic rings. The SMILES string of the molecule is CCOc1cc(OCC)c(C=Nn2c(C(C)C)nc3ccc(Br)cc3c2=O)cc1Br. The van der Waals surface area contributed by atoms with Crippen molar-refractivity contribution in [1.29, 1.82) is 0 Å². The van der Waals surface area contributed by atoms with Crippen LogP contribution in [0.3, 0.4) is 0 Å². The van der Waals surface area contributed by atoms with Gasteiger partial charge in [0.15, 0.2) is 0 Å². The molecule has 2 aromatic carbocycles. The third kappa shape index (κ3) is 4.75. The van der Waals surface area contributed by atoms with Gasteiger partial charge in [0.25, 0.3) is 5.56 Å². The van der Waals surface area contributed by atoms with Crippen LogP contribution in [0.15, 0.2) is 49.2 Å². The Hall–Kier alpha value is -2.19. The highest BCUT2D eigenvalue weighted by atomic mass is 79.9. The molecule has 0 unspecified atom stereocenters. The maximum absolute atomic E-state index is 13.2. The second kappa shape index (κ2) is 9.75. The van der Waals surface area contributed by atoms with Gasteiger partial charge in [-0.05, 0) is 54.0 Å². The lowest BCUT2D eigenvalue weighted by Gasteiger charge is -2.14. The lowest BCUT2D eigenvalue weighted by atomic mass is 10.2. The van der Waals surface area contributed by atoms with E-state index in [2.05, 4.69) is 41.9 Å². The zero-order valence-electron chi connectivity index (χ0n) is 17.3. The molecule has 0 aliphatic heterocycles. The van der Waals surface area contributed by atoms with Gasteiger partial charge in [0.1, 0.15) is 17.3 Å². The monoisotopic (exact) mass is 535 g/mol. The van der Waals surface area contributed by atoms with Gasteiger partial charge < -0.3 is 9.47 Å². The molecule has 0 radical (unpaired) electrons. The van der Waals surface area contributed by atoms with Crippen LogP contribution in [0.2, 0.25) is 0 Å². The molecule has 0 saturated heterocycles. The summed E-state index contributed by atoms with van der Waals surface area (Å²) in [4.78, 5) is 17.8. The minimum atomic E-state index is -0.218. The minimum Gasteiger partial charge on any atom is -0.493 e. The lowest BCUT2D eigenvalue weighted by molar-refractivity contribution is 0.321. The normalized spacial score (nSPS) is 11.6. The van der Waals surface area contributed by atoms with Gasteiger partial charge >= 0.3 is 0 Å². The fourth-order valence-electron chi connectivity index (χ4n) is 2.97. The Bertz CT molecular complexity index is 1160. The highest BCUT2D eigenvalue weighted by Gasteiger charge is 2.15. The maximum atomic E-state index is 13.2. The first-order valence-electron chi connectivity index (χ1n) is 9.71. The third-order valence-corrected chi connectivity index (χ3v) is 5.44. The van der Waals surface area contributed by atoms with Crippen molar-refractivity contribution < 1.29 is 9.47 Å². The van der Waals surface area contributed by atoms with Crippen LogP contribution in [-0.4, -0.2) is 29.1 Å². The molecule has 0 N–H and O–H groups in total.